The molecule has 0 unspecified atom stereocenters. The van der Waals surface area contributed by atoms with E-state index in [4.69, 9.17) is 0 Å². The van der Waals surface area contributed by atoms with Gasteiger partial charge in [-0.2, -0.15) is 0 Å². The monoisotopic (exact) mass is 324 g/mol. The molecule has 2 aromatic carbocycles. The first-order valence-corrected chi connectivity index (χ1v) is 8.47. The molecule has 0 spiro atoms. The molecule has 2 heteroatoms. The van der Waals surface area contributed by atoms with Gasteiger partial charge >= 0.3 is 0 Å². The van der Waals surface area contributed by atoms with Crippen molar-refractivity contribution in [2.45, 2.75) is 19.3 Å². The molecule has 1 heterocycles. The zero-order valence-electron chi connectivity index (χ0n) is 14.5. The van der Waals surface area contributed by atoms with Gasteiger partial charge in [-0.25, -0.2) is 9.97 Å². The molecule has 0 saturated heterocycles. The van der Waals surface area contributed by atoms with Crippen molar-refractivity contribution in [2.75, 3.05) is 0 Å². The minimum atomic E-state index is 0.000536. The maximum absolute atomic E-state index is 4.47. The second kappa shape index (κ2) is 5.82. The molecule has 25 heavy (non-hydrogen) atoms. The lowest BCUT2D eigenvalue weighted by atomic mass is 9.82. The van der Waals surface area contributed by atoms with E-state index in [1.165, 1.54) is 22.3 Å². The summed E-state index contributed by atoms with van der Waals surface area (Å²) in [6, 6.07) is 17.3. The highest BCUT2D eigenvalue weighted by Crippen LogP contribution is 2.49. The normalized spacial score (nSPS) is 14.3. The number of allylic oxidation sites excluding steroid dienone is 2. The van der Waals surface area contributed by atoms with Crippen LogP contribution in [0.25, 0.3) is 28.5 Å². The van der Waals surface area contributed by atoms with Gasteiger partial charge in [-0.3, -0.25) is 0 Å². The summed E-state index contributed by atoms with van der Waals surface area (Å²) in [4.78, 5) is 8.76. The van der Waals surface area contributed by atoms with Gasteiger partial charge in [0.2, 0.25) is 0 Å². The smallest absolute Gasteiger partial charge is 0.116 e. The van der Waals surface area contributed by atoms with Crippen LogP contribution < -0.4 is 0 Å². The van der Waals surface area contributed by atoms with Crippen LogP contribution >= 0.6 is 0 Å². The van der Waals surface area contributed by atoms with E-state index in [1.807, 2.05) is 18.2 Å². The number of nitrogens with zero attached hydrogens (tertiary/aromatic N) is 2. The van der Waals surface area contributed by atoms with Crippen LogP contribution in [-0.2, 0) is 5.41 Å². The molecule has 0 fully saturated rings. The Morgan fingerprint density at radius 1 is 0.920 bits per heavy atom. The Bertz CT molecular complexity index is 996. The van der Waals surface area contributed by atoms with Crippen molar-refractivity contribution in [1.29, 1.82) is 0 Å². The number of hydrogen-bond acceptors (Lipinski definition) is 2. The van der Waals surface area contributed by atoms with Crippen molar-refractivity contribution in [2.24, 2.45) is 0 Å². The summed E-state index contributed by atoms with van der Waals surface area (Å²) in [7, 11) is 0. The standard InChI is InChI=1S/C23H20N2/c1-4-5-8-17-14-22(25-15-24-17)16-11-12-19-18-9-6-7-10-20(18)23(2,3)21(19)13-16/h4-15H,1H2,2-3H3/b8-5-. The summed E-state index contributed by atoms with van der Waals surface area (Å²) < 4.78 is 0. The lowest BCUT2D eigenvalue weighted by Crippen LogP contribution is -2.14. The van der Waals surface area contributed by atoms with Gasteiger partial charge in [-0.15, -0.1) is 0 Å². The quantitative estimate of drug-likeness (QED) is 0.582. The molecule has 1 aliphatic rings. The van der Waals surface area contributed by atoms with E-state index in [0.29, 0.717) is 0 Å². The molecule has 1 aliphatic carbocycles. The van der Waals surface area contributed by atoms with Crippen LogP contribution in [0.15, 0.2) is 73.6 Å². The fourth-order valence-electron chi connectivity index (χ4n) is 3.65. The lowest BCUT2D eigenvalue weighted by molar-refractivity contribution is 0.660. The van der Waals surface area contributed by atoms with Gasteiger partial charge in [-0.1, -0.05) is 69.0 Å². The van der Waals surface area contributed by atoms with Crippen LogP contribution in [0.2, 0.25) is 0 Å². The number of rotatable bonds is 3. The Balaban J connectivity index is 1.83. The summed E-state index contributed by atoms with van der Waals surface area (Å²) in [6.45, 7) is 8.28. The van der Waals surface area contributed by atoms with E-state index in [0.717, 1.165) is 17.0 Å². The molecule has 3 aromatic rings. The SMILES string of the molecule is C=C/C=C\c1cc(-c2ccc3c(c2)C(C)(C)c2ccccc2-3)ncn1. The average Bonchev–Trinajstić information content (AvgIpc) is 2.88. The molecule has 0 N–H and O–H groups in total. The lowest BCUT2D eigenvalue weighted by Gasteiger charge is -2.21. The van der Waals surface area contributed by atoms with E-state index >= 15 is 0 Å². The number of benzene rings is 2. The molecule has 0 bridgehead atoms. The topological polar surface area (TPSA) is 25.8 Å². The van der Waals surface area contributed by atoms with E-state index in [-0.39, 0.29) is 5.41 Å². The Hall–Kier alpha value is -3.00. The van der Waals surface area contributed by atoms with E-state index < -0.39 is 0 Å². The summed E-state index contributed by atoms with van der Waals surface area (Å²) >= 11 is 0. The summed E-state index contributed by atoms with van der Waals surface area (Å²) in [6.07, 6.45) is 7.18. The highest BCUT2D eigenvalue weighted by atomic mass is 14.8. The maximum Gasteiger partial charge on any atom is 0.116 e. The summed E-state index contributed by atoms with van der Waals surface area (Å²) in [5.41, 5.74) is 8.35. The molecule has 0 radical (unpaired) electrons. The third-order valence-electron chi connectivity index (χ3n) is 4.97. The molecule has 0 amide bonds. The van der Waals surface area contributed by atoms with Crippen molar-refractivity contribution >= 4 is 6.08 Å². The Labute approximate surface area is 148 Å². The Morgan fingerprint density at radius 2 is 1.72 bits per heavy atom. The Kier molecular flexibility index (Phi) is 3.61. The number of hydrogen-bond donors (Lipinski definition) is 0. The second-order valence-corrected chi connectivity index (χ2v) is 6.85. The van der Waals surface area contributed by atoms with Gasteiger partial charge in [0, 0.05) is 11.0 Å². The van der Waals surface area contributed by atoms with E-state index in [2.05, 4.69) is 72.9 Å². The predicted octanol–water partition coefficient (Wildman–Crippen LogP) is 5.65. The van der Waals surface area contributed by atoms with Crippen LogP contribution in [0.4, 0.5) is 0 Å². The van der Waals surface area contributed by atoms with Gasteiger partial charge in [0.25, 0.3) is 0 Å². The zero-order chi connectivity index (χ0) is 17.4. The number of fused-ring (bicyclic) bond motifs is 3. The molecule has 0 aliphatic heterocycles. The van der Waals surface area contributed by atoms with Crippen LogP contribution in [0.3, 0.4) is 0 Å². The third-order valence-corrected chi connectivity index (χ3v) is 4.97. The summed E-state index contributed by atoms with van der Waals surface area (Å²) in [5.74, 6) is 0. The first kappa shape index (κ1) is 15.5. The Morgan fingerprint density at radius 3 is 2.56 bits per heavy atom. The van der Waals surface area contributed by atoms with Crippen LogP contribution in [0.1, 0.15) is 30.7 Å². The van der Waals surface area contributed by atoms with E-state index in [9.17, 15) is 0 Å². The minimum absolute atomic E-state index is 0.000536. The maximum atomic E-state index is 4.47. The third kappa shape index (κ3) is 2.51. The molecule has 2 nitrogen and oxygen atoms in total. The molecule has 4 rings (SSSR count). The van der Waals surface area contributed by atoms with Crippen LogP contribution in [-0.4, -0.2) is 9.97 Å². The first-order valence-electron chi connectivity index (χ1n) is 8.47. The van der Waals surface area contributed by atoms with Gasteiger partial charge in [0.1, 0.15) is 6.33 Å². The average molecular weight is 324 g/mol. The highest BCUT2D eigenvalue weighted by molar-refractivity contribution is 5.83. The molecule has 0 saturated carbocycles. The fourth-order valence-corrected chi connectivity index (χ4v) is 3.65. The van der Waals surface area contributed by atoms with Crippen LogP contribution in [0, 0.1) is 0 Å². The van der Waals surface area contributed by atoms with Crippen molar-refractivity contribution in [3.8, 4) is 22.4 Å². The van der Waals surface area contributed by atoms with Gasteiger partial charge in [0.15, 0.2) is 0 Å². The minimum Gasteiger partial charge on any atom is -0.237 e. The van der Waals surface area contributed by atoms with E-state index in [1.54, 1.807) is 12.4 Å². The predicted molar refractivity (Wildman–Crippen MR) is 104 cm³/mol. The molecule has 0 atom stereocenters. The molecular formula is C23H20N2. The molecule has 122 valence electrons. The van der Waals surface area contributed by atoms with Crippen molar-refractivity contribution in [1.82, 2.24) is 9.97 Å². The van der Waals surface area contributed by atoms with Crippen molar-refractivity contribution in [3.05, 3.63) is 90.4 Å². The van der Waals surface area contributed by atoms with Gasteiger partial charge in [-0.05, 0) is 40.5 Å². The largest absolute Gasteiger partial charge is 0.237 e. The zero-order valence-corrected chi connectivity index (χ0v) is 14.5. The van der Waals surface area contributed by atoms with Gasteiger partial charge in [0.05, 0.1) is 11.4 Å². The molecular weight excluding hydrogens is 304 g/mol. The van der Waals surface area contributed by atoms with Crippen molar-refractivity contribution < 1.29 is 0 Å². The summed E-state index contributed by atoms with van der Waals surface area (Å²) in [5, 5.41) is 0. The first-order chi connectivity index (χ1) is 12.1. The molecule has 1 aromatic heterocycles. The highest BCUT2D eigenvalue weighted by Gasteiger charge is 2.35. The fraction of sp³-hybridized carbons (Fsp3) is 0.130. The van der Waals surface area contributed by atoms with Crippen LogP contribution in [0.5, 0.6) is 0 Å². The second-order valence-electron chi connectivity index (χ2n) is 6.85. The van der Waals surface area contributed by atoms with Gasteiger partial charge < -0.3 is 0 Å². The van der Waals surface area contributed by atoms with Crippen molar-refractivity contribution in [3.63, 3.8) is 0 Å². The number of aromatic nitrogens is 2.